The van der Waals surface area contributed by atoms with Crippen LogP contribution in [0.25, 0.3) is 17.0 Å². The lowest BCUT2D eigenvalue weighted by Gasteiger charge is -2.09. The Kier molecular flexibility index (Phi) is 4.95. The highest BCUT2D eigenvalue weighted by Crippen LogP contribution is 2.37. The van der Waals surface area contributed by atoms with Gasteiger partial charge in [0.05, 0.1) is 22.1 Å². The smallest absolute Gasteiger partial charge is 0.284 e. The van der Waals surface area contributed by atoms with Crippen molar-refractivity contribution < 1.29 is 9.53 Å². The first-order valence-electron chi connectivity index (χ1n) is 9.15. The minimum absolute atomic E-state index is 0.167. The summed E-state index contributed by atoms with van der Waals surface area (Å²) in [5, 5.41) is 11.0. The van der Waals surface area contributed by atoms with Crippen molar-refractivity contribution in [2.75, 3.05) is 6.61 Å². The normalized spacial score (nSPS) is 18.0. The highest BCUT2D eigenvalue weighted by Gasteiger charge is 2.26. The summed E-state index contributed by atoms with van der Waals surface area (Å²) in [6.45, 7) is 2.35. The maximum absolute atomic E-state index is 12.2. The van der Waals surface area contributed by atoms with Gasteiger partial charge in [-0.15, -0.1) is 0 Å². The van der Waals surface area contributed by atoms with Crippen molar-refractivity contribution in [3.63, 3.8) is 0 Å². The molecule has 0 saturated heterocycles. The quantitative estimate of drug-likeness (QED) is 0.682. The second kappa shape index (κ2) is 7.53. The third-order valence-electron chi connectivity index (χ3n) is 4.68. The molecule has 1 aromatic carbocycles. The lowest BCUT2D eigenvalue weighted by molar-refractivity contribution is -0.113. The van der Waals surface area contributed by atoms with E-state index in [9.17, 15) is 10.1 Å². The molecule has 2 heterocycles. The van der Waals surface area contributed by atoms with Crippen molar-refractivity contribution in [3.8, 4) is 11.8 Å². The van der Waals surface area contributed by atoms with E-state index in [1.807, 2.05) is 31.2 Å². The molecule has 4 rings (SSSR count). The summed E-state index contributed by atoms with van der Waals surface area (Å²) in [5.74, 6) is 1.20. The zero-order chi connectivity index (χ0) is 18.8. The molecule has 0 spiro atoms. The van der Waals surface area contributed by atoms with E-state index in [4.69, 9.17) is 4.74 Å². The molecule has 0 atom stereocenters. The molecule has 0 radical (unpaired) electrons. The number of nitriles is 1. The van der Waals surface area contributed by atoms with Crippen LogP contribution >= 0.6 is 11.8 Å². The van der Waals surface area contributed by atoms with Crippen LogP contribution in [0.3, 0.4) is 0 Å². The molecule has 1 aliphatic carbocycles. The van der Waals surface area contributed by atoms with E-state index in [1.165, 1.54) is 30.8 Å². The van der Waals surface area contributed by atoms with Gasteiger partial charge in [0.15, 0.2) is 0 Å². The molecule has 6 heteroatoms. The first kappa shape index (κ1) is 17.7. The maximum atomic E-state index is 12.2. The number of benzene rings is 1. The summed E-state index contributed by atoms with van der Waals surface area (Å²) >= 11 is 1.47. The van der Waals surface area contributed by atoms with Crippen LogP contribution in [-0.4, -0.2) is 22.5 Å². The van der Waals surface area contributed by atoms with Crippen molar-refractivity contribution in [2.24, 2.45) is 10.9 Å². The van der Waals surface area contributed by atoms with Gasteiger partial charge in [-0.2, -0.15) is 5.26 Å². The molecule has 1 fully saturated rings. The van der Waals surface area contributed by atoms with Crippen LogP contribution in [0.5, 0.6) is 5.75 Å². The summed E-state index contributed by atoms with van der Waals surface area (Å²) in [6.07, 6.45) is 8.03. The van der Waals surface area contributed by atoms with Gasteiger partial charge in [-0.3, -0.25) is 9.78 Å². The number of fused-ring (bicyclic) bond motifs is 1. The number of carbonyl (C=O) groups excluding carboxylic acids is 1. The molecule has 1 aliphatic heterocycles. The third-order valence-corrected chi connectivity index (χ3v) is 5.72. The maximum Gasteiger partial charge on any atom is 0.284 e. The molecule has 136 valence electrons. The van der Waals surface area contributed by atoms with Gasteiger partial charge in [0, 0.05) is 11.6 Å². The molecule has 5 nitrogen and oxygen atoms in total. The highest BCUT2D eigenvalue weighted by molar-refractivity contribution is 8.18. The number of amides is 1. The Labute approximate surface area is 162 Å². The number of aromatic nitrogens is 1. The molecule has 0 N–H and O–H groups in total. The van der Waals surface area contributed by atoms with Crippen molar-refractivity contribution >= 4 is 39.7 Å². The summed E-state index contributed by atoms with van der Waals surface area (Å²) in [5.41, 5.74) is 2.03. The highest BCUT2D eigenvalue weighted by atomic mass is 32.2. The molecule has 2 aromatic rings. The van der Waals surface area contributed by atoms with E-state index in [0.29, 0.717) is 22.8 Å². The summed E-state index contributed by atoms with van der Waals surface area (Å²) in [6, 6.07) is 7.84. The first-order chi connectivity index (χ1) is 13.2. The minimum atomic E-state index is -0.167. The van der Waals surface area contributed by atoms with Gasteiger partial charge < -0.3 is 4.74 Å². The van der Waals surface area contributed by atoms with Gasteiger partial charge in [-0.1, -0.05) is 30.7 Å². The van der Waals surface area contributed by atoms with Crippen molar-refractivity contribution in [2.45, 2.75) is 32.6 Å². The Balaban J connectivity index is 1.62. The van der Waals surface area contributed by atoms with E-state index >= 15 is 0 Å². The lowest BCUT2D eigenvalue weighted by Crippen LogP contribution is -1.97. The SMILES string of the molecule is CCOc1c(C#N)cnc2ccc(/C=C3\SC(CCC4CC4)=NC3=O)cc12. The lowest BCUT2D eigenvalue weighted by atomic mass is 10.1. The average Bonchev–Trinajstić information content (AvgIpc) is 3.44. The summed E-state index contributed by atoms with van der Waals surface area (Å²) in [4.78, 5) is 21.4. The van der Waals surface area contributed by atoms with Crippen LogP contribution in [0, 0.1) is 17.2 Å². The summed E-state index contributed by atoms with van der Waals surface area (Å²) in [7, 11) is 0. The standard InChI is InChI=1S/C21H19N3O2S/c1-2-26-20-15(11-22)12-23-17-7-5-14(9-16(17)20)10-18-21(25)24-19(27-18)8-6-13-3-4-13/h5,7,9-10,12-13H,2-4,6,8H2,1H3/b18-10-. The van der Waals surface area contributed by atoms with Gasteiger partial charge in [0.1, 0.15) is 17.4 Å². The fourth-order valence-corrected chi connectivity index (χ4v) is 4.03. The van der Waals surface area contributed by atoms with Crippen LogP contribution in [0.4, 0.5) is 0 Å². The Morgan fingerprint density at radius 3 is 3.00 bits per heavy atom. The number of pyridine rings is 1. The number of nitrogens with zero attached hydrogens (tertiary/aromatic N) is 3. The number of hydrogen-bond donors (Lipinski definition) is 0. The molecule has 0 bridgehead atoms. The van der Waals surface area contributed by atoms with Crippen molar-refractivity contribution in [1.29, 1.82) is 5.26 Å². The number of hydrogen-bond acceptors (Lipinski definition) is 5. The zero-order valence-electron chi connectivity index (χ0n) is 15.1. The molecular weight excluding hydrogens is 358 g/mol. The predicted octanol–water partition coefficient (Wildman–Crippen LogP) is 4.71. The summed E-state index contributed by atoms with van der Waals surface area (Å²) < 4.78 is 5.69. The predicted molar refractivity (Wildman–Crippen MR) is 108 cm³/mol. The van der Waals surface area contributed by atoms with E-state index < -0.39 is 0 Å². The largest absolute Gasteiger partial charge is 0.492 e. The Morgan fingerprint density at radius 1 is 1.41 bits per heavy atom. The zero-order valence-corrected chi connectivity index (χ0v) is 15.9. The molecule has 1 amide bonds. The average molecular weight is 377 g/mol. The first-order valence-corrected chi connectivity index (χ1v) is 9.96. The van der Waals surface area contributed by atoms with Crippen molar-refractivity contribution in [3.05, 3.63) is 40.4 Å². The Bertz CT molecular complexity index is 1020. The third kappa shape index (κ3) is 3.88. The van der Waals surface area contributed by atoms with E-state index in [-0.39, 0.29) is 5.91 Å². The fourth-order valence-electron chi connectivity index (χ4n) is 3.10. The van der Waals surface area contributed by atoms with Crippen LogP contribution in [0.15, 0.2) is 34.3 Å². The van der Waals surface area contributed by atoms with Gasteiger partial charge in [-0.05, 0) is 49.5 Å². The minimum Gasteiger partial charge on any atom is -0.492 e. The monoisotopic (exact) mass is 377 g/mol. The molecule has 27 heavy (non-hydrogen) atoms. The second-order valence-electron chi connectivity index (χ2n) is 6.73. The molecule has 1 saturated carbocycles. The Hall–Kier alpha value is -2.65. The number of thioether (sulfide) groups is 1. The van der Waals surface area contributed by atoms with Crippen LogP contribution in [0.2, 0.25) is 0 Å². The number of aliphatic imine (C=N–C) groups is 1. The van der Waals surface area contributed by atoms with Gasteiger partial charge >= 0.3 is 0 Å². The molecule has 0 unspecified atom stereocenters. The number of rotatable bonds is 6. The molecule has 1 aromatic heterocycles. The fraction of sp³-hybridized carbons (Fsp3) is 0.333. The Morgan fingerprint density at radius 2 is 2.26 bits per heavy atom. The van der Waals surface area contributed by atoms with Crippen LogP contribution in [-0.2, 0) is 4.79 Å². The number of ether oxygens (including phenoxy) is 1. The van der Waals surface area contributed by atoms with E-state index in [2.05, 4.69) is 16.0 Å². The van der Waals surface area contributed by atoms with Gasteiger partial charge in [0.25, 0.3) is 5.91 Å². The van der Waals surface area contributed by atoms with E-state index in [0.717, 1.165) is 40.3 Å². The topological polar surface area (TPSA) is 75.3 Å². The van der Waals surface area contributed by atoms with Gasteiger partial charge in [0.2, 0.25) is 0 Å². The second-order valence-corrected chi connectivity index (χ2v) is 7.84. The molecular formula is C21H19N3O2S. The molecule has 2 aliphatic rings. The van der Waals surface area contributed by atoms with Gasteiger partial charge in [-0.25, -0.2) is 4.99 Å². The van der Waals surface area contributed by atoms with Crippen LogP contribution in [0.1, 0.15) is 43.7 Å². The van der Waals surface area contributed by atoms with Crippen LogP contribution < -0.4 is 4.74 Å². The number of carbonyl (C=O) groups is 1. The van der Waals surface area contributed by atoms with E-state index in [1.54, 1.807) is 0 Å². The van der Waals surface area contributed by atoms with Crippen molar-refractivity contribution in [1.82, 2.24) is 4.98 Å².